The Bertz CT molecular complexity index is 314. The lowest BCUT2D eigenvalue weighted by Crippen LogP contribution is -2.42. The van der Waals surface area contributed by atoms with Crippen molar-refractivity contribution < 1.29 is 19.8 Å². The van der Waals surface area contributed by atoms with Crippen LogP contribution in [0.2, 0.25) is 0 Å². The molecule has 0 bridgehead atoms. The van der Waals surface area contributed by atoms with Crippen molar-refractivity contribution in [3.05, 3.63) is 0 Å². The molecule has 0 saturated heterocycles. The predicted molar refractivity (Wildman–Crippen MR) is 67.0 cm³/mol. The van der Waals surface area contributed by atoms with Crippen LogP contribution in [-0.2, 0) is 9.59 Å². The molecule has 0 spiro atoms. The van der Waals surface area contributed by atoms with Crippen LogP contribution in [0.25, 0.3) is 0 Å². The number of aliphatic hydroxyl groups is 1. The van der Waals surface area contributed by atoms with Crippen molar-refractivity contribution in [1.29, 1.82) is 0 Å². The molecule has 1 amide bonds. The van der Waals surface area contributed by atoms with Gasteiger partial charge in [0, 0.05) is 18.9 Å². The maximum Gasteiger partial charge on any atom is 0.332 e. The fourth-order valence-corrected chi connectivity index (χ4v) is 2.56. The number of nitrogens with one attached hydrogen (secondary N) is 1. The summed E-state index contributed by atoms with van der Waals surface area (Å²) in [6.45, 7) is 4.41. The summed E-state index contributed by atoms with van der Waals surface area (Å²) in [5.41, 5.74) is 0.00769. The van der Waals surface area contributed by atoms with Gasteiger partial charge in [-0.3, -0.25) is 4.79 Å². The fourth-order valence-electron chi connectivity index (χ4n) is 2.56. The highest BCUT2D eigenvalue weighted by Gasteiger charge is 2.36. The van der Waals surface area contributed by atoms with Gasteiger partial charge in [0.05, 0.1) is 0 Å². The van der Waals surface area contributed by atoms with Gasteiger partial charge in [0.25, 0.3) is 0 Å². The van der Waals surface area contributed by atoms with Crippen LogP contribution in [0.1, 0.15) is 46.0 Å². The van der Waals surface area contributed by atoms with Crippen LogP contribution < -0.4 is 5.32 Å². The Labute approximate surface area is 108 Å². The van der Waals surface area contributed by atoms with Gasteiger partial charge in [-0.2, -0.15) is 0 Å². The summed E-state index contributed by atoms with van der Waals surface area (Å²) in [6, 6.07) is 0. The Morgan fingerprint density at radius 1 is 1.39 bits per heavy atom. The van der Waals surface area contributed by atoms with Crippen LogP contribution in [0, 0.1) is 11.3 Å². The quantitative estimate of drug-likeness (QED) is 0.689. The molecule has 1 aliphatic rings. The molecule has 1 rings (SSSR count). The van der Waals surface area contributed by atoms with Gasteiger partial charge >= 0.3 is 5.97 Å². The summed E-state index contributed by atoms with van der Waals surface area (Å²) in [5, 5.41) is 20.3. The third-order valence-corrected chi connectivity index (χ3v) is 3.83. The minimum Gasteiger partial charge on any atom is -0.479 e. The molecular formula is C13H23NO4. The number of rotatable bonds is 5. The minimum atomic E-state index is -1.40. The summed E-state index contributed by atoms with van der Waals surface area (Å²) in [4.78, 5) is 22.4. The van der Waals surface area contributed by atoms with E-state index in [-0.39, 0.29) is 30.2 Å². The first-order chi connectivity index (χ1) is 8.34. The third kappa shape index (κ3) is 3.98. The second kappa shape index (κ2) is 6.18. The third-order valence-electron chi connectivity index (χ3n) is 3.83. The normalized spacial score (nSPS) is 24.3. The molecule has 0 aliphatic heterocycles. The number of hydrogen-bond donors (Lipinski definition) is 3. The Morgan fingerprint density at radius 2 is 2.06 bits per heavy atom. The zero-order valence-electron chi connectivity index (χ0n) is 11.1. The summed E-state index contributed by atoms with van der Waals surface area (Å²) < 4.78 is 0. The fraction of sp³-hybridized carbons (Fsp3) is 0.846. The Morgan fingerprint density at radius 3 is 2.61 bits per heavy atom. The number of aliphatic hydroxyl groups excluding tert-OH is 1. The second-order valence-electron chi connectivity index (χ2n) is 5.72. The molecule has 5 heteroatoms. The molecule has 18 heavy (non-hydrogen) atoms. The second-order valence-corrected chi connectivity index (χ2v) is 5.72. The van der Waals surface area contributed by atoms with Crippen molar-refractivity contribution in [2.45, 2.75) is 52.1 Å². The van der Waals surface area contributed by atoms with Crippen molar-refractivity contribution in [1.82, 2.24) is 5.32 Å². The van der Waals surface area contributed by atoms with Gasteiger partial charge in [-0.1, -0.05) is 26.7 Å². The van der Waals surface area contributed by atoms with Gasteiger partial charge in [-0.15, -0.1) is 0 Å². The highest BCUT2D eigenvalue weighted by Crippen LogP contribution is 2.40. The first-order valence-electron chi connectivity index (χ1n) is 6.53. The van der Waals surface area contributed by atoms with E-state index in [1.54, 1.807) is 0 Å². The Kier molecular flexibility index (Phi) is 5.14. The smallest absolute Gasteiger partial charge is 0.332 e. The van der Waals surface area contributed by atoms with E-state index in [9.17, 15) is 9.59 Å². The zero-order chi connectivity index (χ0) is 13.8. The molecule has 104 valence electrons. The number of amides is 1. The molecule has 0 aromatic rings. The van der Waals surface area contributed by atoms with E-state index in [1.807, 2.05) is 0 Å². The summed E-state index contributed by atoms with van der Waals surface area (Å²) >= 11 is 0. The monoisotopic (exact) mass is 257 g/mol. The summed E-state index contributed by atoms with van der Waals surface area (Å²) in [7, 11) is 0. The van der Waals surface area contributed by atoms with Crippen LogP contribution in [0.5, 0.6) is 0 Å². The van der Waals surface area contributed by atoms with Crippen LogP contribution >= 0.6 is 0 Å². The standard InChI is InChI=1S/C13H23NO4/c1-13(2)7-4-3-5-9(13)11(16)14-8-6-10(15)12(17)18/h9-10,15H,3-8H2,1-2H3,(H,14,16)(H,17,18). The lowest BCUT2D eigenvalue weighted by Gasteiger charge is -2.37. The number of carboxylic acids is 1. The summed E-state index contributed by atoms with van der Waals surface area (Å²) in [5.74, 6) is -1.27. The van der Waals surface area contributed by atoms with E-state index in [1.165, 1.54) is 0 Å². The molecule has 0 aromatic carbocycles. The number of carbonyl (C=O) groups is 2. The molecule has 2 unspecified atom stereocenters. The topological polar surface area (TPSA) is 86.6 Å². The molecule has 0 aromatic heterocycles. The molecular weight excluding hydrogens is 234 g/mol. The summed E-state index contributed by atoms with van der Waals surface area (Å²) in [6.07, 6.45) is 2.81. The van der Waals surface area contributed by atoms with Crippen LogP contribution in [0.15, 0.2) is 0 Å². The van der Waals surface area contributed by atoms with Gasteiger partial charge in [0.1, 0.15) is 0 Å². The maximum atomic E-state index is 12.0. The average Bonchev–Trinajstić information content (AvgIpc) is 2.27. The largest absolute Gasteiger partial charge is 0.479 e. The lowest BCUT2D eigenvalue weighted by molar-refractivity contribution is -0.147. The number of carbonyl (C=O) groups excluding carboxylic acids is 1. The van der Waals surface area contributed by atoms with Crippen LogP contribution in [0.3, 0.4) is 0 Å². The van der Waals surface area contributed by atoms with E-state index in [2.05, 4.69) is 19.2 Å². The highest BCUT2D eigenvalue weighted by molar-refractivity contribution is 5.79. The van der Waals surface area contributed by atoms with E-state index >= 15 is 0 Å². The van der Waals surface area contributed by atoms with Crippen molar-refractivity contribution in [2.24, 2.45) is 11.3 Å². The lowest BCUT2D eigenvalue weighted by atomic mass is 9.68. The van der Waals surface area contributed by atoms with E-state index < -0.39 is 12.1 Å². The molecule has 1 fully saturated rings. The van der Waals surface area contributed by atoms with E-state index in [0.717, 1.165) is 25.7 Å². The van der Waals surface area contributed by atoms with Crippen molar-refractivity contribution in [3.8, 4) is 0 Å². The van der Waals surface area contributed by atoms with Gasteiger partial charge in [-0.25, -0.2) is 4.79 Å². The molecule has 0 radical (unpaired) electrons. The Balaban J connectivity index is 2.38. The zero-order valence-corrected chi connectivity index (χ0v) is 11.1. The molecule has 5 nitrogen and oxygen atoms in total. The molecule has 3 N–H and O–H groups in total. The highest BCUT2D eigenvalue weighted by atomic mass is 16.4. The maximum absolute atomic E-state index is 12.0. The first kappa shape index (κ1) is 15.0. The van der Waals surface area contributed by atoms with Crippen LogP contribution in [-0.4, -0.2) is 34.7 Å². The molecule has 1 saturated carbocycles. The van der Waals surface area contributed by atoms with Gasteiger partial charge in [-0.05, 0) is 18.3 Å². The average molecular weight is 257 g/mol. The van der Waals surface area contributed by atoms with Crippen molar-refractivity contribution >= 4 is 11.9 Å². The van der Waals surface area contributed by atoms with Crippen LogP contribution in [0.4, 0.5) is 0 Å². The molecule has 1 aliphatic carbocycles. The number of hydrogen-bond acceptors (Lipinski definition) is 3. The molecule has 2 atom stereocenters. The minimum absolute atomic E-state index is 0.00628. The van der Waals surface area contributed by atoms with E-state index in [0.29, 0.717) is 0 Å². The van der Waals surface area contributed by atoms with Crippen molar-refractivity contribution in [2.75, 3.05) is 6.54 Å². The Hall–Kier alpha value is -1.10. The van der Waals surface area contributed by atoms with Gasteiger partial charge in [0.2, 0.25) is 5.91 Å². The van der Waals surface area contributed by atoms with Crippen molar-refractivity contribution in [3.63, 3.8) is 0 Å². The first-order valence-corrected chi connectivity index (χ1v) is 6.53. The predicted octanol–water partition coefficient (Wildman–Crippen LogP) is 1.15. The molecule has 0 heterocycles. The van der Waals surface area contributed by atoms with Gasteiger partial charge < -0.3 is 15.5 Å². The SMILES string of the molecule is CC1(C)CCCCC1C(=O)NCCC(O)C(=O)O. The number of carboxylic acid groups (broad SMARTS) is 1. The van der Waals surface area contributed by atoms with Gasteiger partial charge in [0.15, 0.2) is 6.10 Å². The number of aliphatic carboxylic acids is 1. The van der Waals surface area contributed by atoms with E-state index in [4.69, 9.17) is 10.2 Å².